The number of rotatable bonds is 9. The predicted molar refractivity (Wildman–Crippen MR) is 128 cm³/mol. The molecule has 0 fully saturated rings. The lowest BCUT2D eigenvalue weighted by atomic mass is 10.2. The second-order valence-electron chi connectivity index (χ2n) is 7.91. The van der Waals surface area contributed by atoms with Crippen molar-refractivity contribution in [2.75, 3.05) is 6.61 Å². The average molecular weight is 479 g/mol. The highest BCUT2D eigenvalue weighted by Crippen LogP contribution is 2.26. The third-order valence-corrected chi connectivity index (χ3v) is 6.33. The summed E-state index contributed by atoms with van der Waals surface area (Å²) in [5.41, 5.74) is 4.46. The molecule has 3 aromatic heterocycles. The van der Waals surface area contributed by atoms with Crippen molar-refractivity contribution in [1.29, 1.82) is 0 Å². The van der Waals surface area contributed by atoms with Gasteiger partial charge in [0.2, 0.25) is 5.89 Å². The third kappa shape index (κ3) is 5.60. The number of benzene rings is 1. The minimum atomic E-state index is -0.535. The lowest BCUT2D eigenvalue weighted by Crippen LogP contribution is -2.29. The number of esters is 1. The van der Waals surface area contributed by atoms with Crippen LogP contribution in [0.25, 0.3) is 10.8 Å². The molecule has 0 saturated heterocycles. The smallest absolute Gasteiger partial charge is 0.312 e. The van der Waals surface area contributed by atoms with E-state index in [0.717, 1.165) is 27.4 Å². The van der Waals surface area contributed by atoms with E-state index in [1.165, 1.54) is 11.3 Å². The minimum absolute atomic E-state index is 0.0571. The van der Waals surface area contributed by atoms with Crippen LogP contribution in [0.15, 0.2) is 52.3 Å². The maximum atomic E-state index is 12.3. The van der Waals surface area contributed by atoms with Gasteiger partial charge in [0.05, 0.1) is 29.2 Å². The van der Waals surface area contributed by atoms with Crippen LogP contribution in [0.1, 0.15) is 34.0 Å². The van der Waals surface area contributed by atoms with Gasteiger partial charge < -0.3 is 14.5 Å². The Kier molecular flexibility index (Phi) is 7.22. The van der Waals surface area contributed by atoms with Crippen molar-refractivity contribution in [3.8, 4) is 10.8 Å². The number of amides is 1. The normalized spacial score (nSPS) is 10.9. The fraction of sp³-hybridized carbons (Fsp3) is 0.280. The van der Waals surface area contributed by atoms with E-state index in [-0.39, 0.29) is 18.9 Å². The Hall–Kier alpha value is -3.72. The van der Waals surface area contributed by atoms with Gasteiger partial charge in [-0.1, -0.05) is 36.4 Å². The van der Waals surface area contributed by atoms with Crippen molar-refractivity contribution in [3.63, 3.8) is 0 Å². The van der Waals surface area contributed by atoms with Crippen molar-refractivity contribution in [2.45, 2.75) is 40.3 Å². The Morgan fingerprint density at radius 3 is 2.65 bits per heavy atom. The van der Waals surface area contributed by atoms with Crippen LogP contribution >= 0.6 is 11.3 Å². The summed E-state index contributed by atoms with van der Waals surface area (Å²) in [5.74, 6) is 0.126. The van der Waals surface area contributed by atoms with Gasteiger partial charge >= 0.3 is 5.97 Å². The number of thiophene rings is 1. The second-order valence-corrected chi connectivity index (χ2v) is 8.85. The number of oxazole rings is 1. The Morgan fingerprint density at radius 2 is 1.91 bits per heavy atom. The van der Waals surface area contributed by atoms with Crippen molar-refractivity contribution in [2.24, 2.45) is 0 Å². The third-order valence-electron chi connectivity index (χ3n) is 5.47. The highest BCUT2D eigenvalue weighted by molar-refractivity contribution is 7.13. The van der Waals surface area contributed by atoms with Crippen LogP contribution in [0, 0.1) is 20.8 Å². The molecule has 0 saturated carbocycles. The van der Waals surface area contributed by atoms with E-state index in [1.54, 1.807) is 6.92 Å². The van der Waals surface area contributed by atoms with Crippen LogP contribution < -0.4 is 5.32 Å². The lowest BCUT2D eigenvalue weighted by Gasteiger charge is -2.08. The van der Waals surface area contributed by atoms with Crippen LogP contribution in [-0.2, 0) is 33.8 Å². The molecule has 176 valence electrons. The van der Waals surface area contributed by atoms with Crippen LogP contribution in [0.2, 0.25) is 0 Å². The zero-order chi connectivity index (χ0) is 24.1. The van der Waals surface area contributed by atoms with Gasteiger partial charge in [-0.05, 0) is 37.8 Å². The van der Waals surface area contributed by atoms with Crippen molar-refractivity contribution >= 4 is 23.2 Å². The van der Waals surface area contributed by atoms with Gasteiger partial charge in [0.25, 0.3) is 5.91 Å². The first-order valence-electron chi connectivity index (χ1n) is 10.9. The van der Waals surface area contributed by atoms with E-state index in [0.29, 0.717) is 30.4 Å². The maximum absolute atomic E-state index is 12.3. The molecule has 1 amide bonds. The van der Waals surface area contributed by atoms with Crippen LogP contribution in [0.5, 0.6) is 0 Å². The molecule has 1 aromatic carbocycles. The molecule has 0 radical (unpaired) electrons. The molecule has 1 N–H and O–H groups in total. The Bertz CT molecular complexity index is 1280. The van der Waals surface area contributed by atoms with Crippen LogP contribution in [-0.4, -0.2) is 33.2 Å². The zero-order valence-electron chi connectivity index (χ0n) is 19.3. The Morgan fingerprint density at radius 1 is 1.12 bits per heavy atom. The summed E-state index contributed by atoms with van der Waals surface area (Å²) in [6.45, 7) is 6.27. The summed E-state index contributed by atoms with van der Waals surface area (Å²) < 4.78 is 12.7. The molecule has 9 heteroatoms. The fourth-order valence-corrected chi connectivity index (χ4v) is 4.22. The zero-order valence-corrected chi connectivity index (χ0v) is 20.1. The summed E-state index contributed by atoms with van der Waals surface area (Å²) in [7, 11) is 0. The van der Waals surface area contributed by atoms with Gasteiger partial charge in [0.15, 0.2) is 6.61 Å². The molecule has 0 atom stereocenters. The molecule has 8 nitrogen and oxygen atoms in total. The minimum Gasteiger partial charge on any atom is -0.455 e. The molecular formula is C25H26N4O4S. The molecule has 0 spiro atoms. The highest BCUT2D eigenvalue weighted by Gasteiger charge is 2.18. The van der Waals surface area contributed by atoms with E-state index in [4.69, 9.17) is 9.15 Å². The number of carbonyl (C=O) groups excluding carboxylic acids is 2. The van der Waals surface area contributed by atoms with Gasteiger partial charge in [-0.3, -0.25) is 14.3 Å². The molecule has 3 heterocycles. The number of ether oxygens (including phenoxy) is 1. The van der Waals surface area contributed by atoms with Crippen molar-refractivity contribution in [3.05, 3.63) is 81.8 Å². The average Bonchev–Trinajstić information content (AvgIpc) is 3.53. The summed E-state index contributed by atoms with van der Waals surface area (Å²) in [6.07, 6.45) is -0.0571. The molecule has 4 rings (SSSR count). The number of hydrogen-bond acceptors (Lipinski definition) is 7. The standard InChI is InChI=1S/C25H26N4O4S/c1-16-20(17(2)29(28-16)14-19-8-5-4-6-9-19)13-26-23(30)15-32-24(31)12-21-18(3)33-25(27-21)22-10-7-11-34-22/h4-11H,12-15H2,1-3H3,(H,26,30). The van der Waals surface area contributed by atoms with Crippen molar-refractivity contribution < 1.29 is 18.7 Å². The van der Waals surface area contributed by atoms with E-state index < -0.39 is 5.97 Å². The van der Waals surface area contributed by atoms with E-state index >= 15 is 0 Å². The molecule has 0 unspecified atom stereocenters. The Labute approximate surface area is 201 Å². The second kappa shape index (κ2) is 10.5. The van der Waals surface area contributed by atoms with Gasteiger partial charge in [-0.2, -0.15) is 5.10 Å². The quantitative estimate of drug-likeness (QED) is 0.366. The molecule has 0 bridgehead atoms. The van der Waals surface area contributed by atoms with E-state index in [2.05, 4.69) is 27.5 Å². The van der Waals surface area contributed by atoms with Gasteiger partial charge in [-0.25, -0.2) is 4.98 Å². The first kappa shape index (κ1) is 23.4. The first-order chi connectivity index (χ1) is 16.4. The van der Waals surface area contributed by atoms with Crippen LogP contribution in [0.3, 0.4) is 0 Å². The number of nitrogens with one attached hydrogen (secondary N) is 1. The van der Waals surface area contributed by atoms with Gasteiger partial charge in [0.1, 0.15) is 5.76 Å². The number of aromatic nitrogens is 3. The number of carbonyl (C=O) groups is 2. The van der Waals surface area contributed by atoms with Crippen LogP contribution in [0.4, 0.5) is 0 Å². The topological polar surface area (TPSA) is 99.2 Å². The van der Waals surface area contributed by atoms with E-state index in [1.807, 2.05) is 54.2 Å². The number of hydrogen-bond donors (Lipinski definition) is 1. The lowest BCUT2D eigenvalue weighted by molar-refractivity contribution is -0.148. The largest absolute Gasteiger partial charge is 0.455 e. The SMILES string of the molecule is Cc1nn(Cc2ccccc2)c(C)c1CNC(=O)COC(=O)Cc1nc(-c2cccs2)oc1C. The first-order valence-corrected chi connectivity index (χ1v) is 11.8. The van der Waals surface area contributed by atoms with Crippen molar-refractivity contribution in [1.82, 2.24) is 20.1 Å². The summed E-state index contributed by atoms with van der Waals surface area (Å²) >= 11 is 1.51. The summed E-state index contributed by atoms with van der Waals surface area (Å²) in [4.78, 5) is 29.8. The number of aryl methyl sites for hydroxylation is 2. The fourth-order valence-electron chi connectivity index (χ4n) is 3.57. The van der Waals surface area contributed by atoms with Gasteiger partial charge in [-0.15, -0.1) is 11.3 Å². The summed E-state index contributed by atoms with van der Waals surface area (Å²) in [6, 6.07) is 13.9. The Balaban J connectivity index is 1.27. The predicted octanol–water partition coefficient (Wildman–Crippen LogP) is 3.98. The summed E-state index contributed by atoms with van der Waals surface area (Å²) in [5, 5.41) is 9.34. The van der Waals surface area contributed by atoms with Gasteiger partial charge in [0, 0.05) is 17.8 Å². The number of nitrogens with zero attached hydrogens (tertiary/aromatic N) is 3. The molecule has 0 aliphatic rings. The molecular weight excluding hydrogens is 452 g/mol. The maximum Gasteiger partial charge on any atom is 0.312 e. The highest BCUT2D eigenvalue weighted by atomic mass is 32.1. The molecule has 0 aliphatic heterocycles. The molecule has 0 aliphatic carbocycles. The molecule has 4 aromatic rings. The molecule has 34 heavy (non-hydrogen) atoms. The van der Waals surface area contributed by atoms with E-state index in [9.17, 15) is 9.59 Å². The monoisotopic (exact) mass is 478 g/mol.